The fraction of sp³-hybridized carbons (Fsp3) is 0.0870. The normalized spacial score (nSPS) is 11.3. The third-order valence-electron chi connectivity index (χ3n) is 4.09. The van der Waals surface area contributed by atoms with E-state index in [9.17, 15) is 14.4 Å². The zero-order valence-corrected chi connectivity index (χ0v) is 15.5. The molecule has 0 radical (unpaired) electrons. The van der Waals surface area contributed by atoms with E-state index >= 15 is 0 Å². The van der Waals surface area contributed by atoms with Crippen LogP contribution in [0, 0.1) is 0 Å². The lowest BCUT2D eigenvalue weighted by Gasteiger charge is -2.17. The quantitative estimate of drug-likeness (QED) is 0.471. The predicted octanol–water partition coefficient (Wildman–Crippen LogP) is 3.33. The number of primary amides is 1. The maximum atomic E-state index is 13.0. The average Bonchev–Trinajstić information content (AvgIpc) is 2.77. The van der Waals surface area contributed by atoms with Gasteiger partial charge >= 0.3 is 5.97 Å². The number of carbonyl (C=O) groups excluding carboxylic acids is 3. The van der Waals surface area contributed by atoms with Gasteiger partial charge in [0, 0.05) is 11.1 Å². The van der Waals surface area contributed by atoms with Gasteiger partial charge in [0.05, 0.1) is 5.56 Å². The molecule has 3 aromatic carbocycles. The van der Waals surface area contributed by atoms with Crippen LogP contribution in [-0.2, 0) is 9.53 Å². The van der Waals surface area contributed by atoms with Gasteiger partial charge in [-0.25, -0.2) is 4.79 Å². The number of rotatable bonds is 8. The Kier molecular flexibility index (Phi) is 6.37. The Balaban J connectivity index is 1.79. The lowest BCUT2D eigenvalue weighted by molar-refractivity contribution is -0.119. The molecule has 6 heteroatoms. The molecule has 0 aliphatic carbocycles. The number of amides is 1. The summed E-state index contributed by atoms with van der Waals surface area (Å²) in [6.45, 7) is -0.258. The summed E-state index contributed by atoms with van der Waals surface area (Å²) in [5, 5.41) is 0. The number of benzene rings is 3. The number of Topliss-reactive ketones (excluding diaryl/α,β-unsaturated/α-hetero) is 1. The fourth-order valence-electron chi connectivity index (χ4n) is 2.67. The number of carbonyl (C=O) groups is 3. The molecule has 146 valence electrons. The number of ether oxygens (including phenoxy) is 2. The van der Waals surface area contributed by atoms with Crippen molar-refractivity contribution in [1.29, 1.82) is 0 Å². The first kappa shape index (κ1) is 19.8. The van der Waals surface area contributed by atoms with Gasteiger partial charge in [-0.1, -0.05) is 60.7 Å². The first-order valence-electron chi connectivity index (χ1n) is 8.91. The summed E-state index contributed by atoms with van der Waals surface area (Å²) in [6.07, 6.45) is -1.07. The molecule has 1 atom stereocenters. The first-order chi connectivity index (χ1) is 14.0. The minimum absolute atomic E-state index is 0.248. The molecule has 3 aromatic rings. The summed E-state index contributed by atoms with van der Waals surface area (Å²) >= 11 is 0. The van der Waals surface area contributed by atoms with Gasteiger partial charge in [-0.05, 0) is 24.3 Å². The highest BCUT2D eigenvalue weighted by atomic mass is 16.5. The van der Waals surface area contributed by atoms with Gasteiger partial charge in [0.25, 0.3) is 5.91 Å². The fourth-order valence-corrected chi connectivity index (χ4v) is 2.67. The summed E-state index contributed by atoms with van der Waals surface area (Å²) in [6, 6.07) is 23.5. The molecule has 0 aliphatic rings. The highest BCUT2D eigenvalue weighted by Gasteiger charge is 2.26. The van der Waals surface area contributed by atoms with Crippen molar-refractivity contribution in [3.63, 3.8) is 0 Å². The number of esters is 1. The maximum absolute atomic E-state index is 13.0. The van der Waals surface area contributed by atoms with Crippen molar-refractivity contribution in [1.82, 2.24) is 0 Å². The molecule has 0 unspecified atom stereocenters. The Hall–Kier alpha value is -3.93. The van der Waals surface area contributed by atoms with Gasteiger partial charge in [0.2, 0.25) is 5.78 Å². The van der Waals surface area contributed by atoms with Gasteiger partial charge in [-0.3, -0.25) is 9.59 Å². The monoisotopic (exact) mass is 389 g/mol. The Morgan fingerprint density at radius 3 is 1.93 bits per heavy atom. The summed E-state index contributed by atoms with van der Waals surface area (Å²) < 4.78 is 10.7. The summed E-state index contributed by atoms with van der Waals surface area (Å²) in [5.74, 6) is -1.17. The van der Waals surface area contributed by atoms with E-state index in [2.05, 4.69) is 0 Å². The number of ketones is 1. The minimum Gasteiger partial charge on any atom is -0.484 e. The van der Waals surface area contributed by atoms with Gasteiger partial charge in [-0.2, -0.15) is 0 Å². The topological polar surface area (TPSA) is 95.7 Å². The van der Waals surface area contributed by atoms with Crippen molar-refractivity contribution in [2.45, 2.75) is 6.10 Å². The van der Waals surface area contributed by atoms with Crippen LogP contribution in [0.5, 0.6) is 5.75 Å². The second kappa shape index (κ2) is 9.32. The highest BCUT2D eigenvalue weighted by Crippen LogP contribution is 2.24. The molecule has 0 saturated heterocycles. The van der Waals surface area contributed by atoms with Gasteiger partial charge in [0.1, 0.15) is 5.75 Å². The highest BCUT2D eigenvalue weighted by molar-refractivity contribution is 6.02. The van der Waals surface area contributed by atoms with Crippen molar-refractivity contribution in [2.75, 3.05) is 6.61 Å². The maximum Gasteiger partial charge on any atom is 0.339 e. The van der Waals surface area contributed by atoms with Crippen LogP contribution in [0.15, 0.2) is 84.9 Å². The average molecular weight is 389 g/mol. The van der Waals surface area contributed by atoms with Crippen LogP contribution in [-0.4, -0.2) is 24.3 Å². The van der Waals surface area contributed by atoms with Gasteiger partial charge in [0.15, 0.2) is 12.7 Å². The van der Waals surface area contributed by atoms with Crippen molar-refractivity contribution < 1.29 is 23.9 Å². The minimum atomic E-state index is -1.07. The van der Waals surface area contributed by atoms with E-state index in [-0.39, 0.29) is 18.0 Å². The Labute approximate surface area is 167 Å². The molecule has 6 nitrogen and oxygen atoms in total. The Morgan fingerprint density at radius 1 is 0.759 bits per heavy atom. The van der Waals surface area contributed by atoms with Crippen molar-refractivity contribution >= 4 is 17.7 Å². The van der Waals surface area contributed by atoms with E-state index in [1.807, 2.05) is 12.1 Å². The standard InChI is InChI=1S/C23H19NO5/c24-20(25)15-28-19-13-11-18(12-14-19)23(27)29-22(17-9-5-2-6-10-17)21(26)16-7-3-1-4-8-16/h1-14,22H,15H2,(H2,24,25)/t22-/m0/s1. The molecule has 0 aromatic heterocycles. The van der Waals surface area contributed by atoms with Crippen LogP contribution in [0.4, 0.5) is 0 Å². The lowest BCUT2D eigenvalue weighted by atomic mass is 10.00. The van der Waals surface area contributed by atoms with Gasteiger partial charge in [-0.15, -0.1) is 0 Å². The summed E-state index contributed by atoms with van der Waals surface area (Å²) in [5.41, 5.74) is 6.31. The summed E-state index contributed by atoms with van der Waals surface area (Å²) in [7, 11) is 0. The van der Waals surface area contributed by atoms with Crippen molar-refractivity contribution in [3.8, 4) is 5.75 Å². The second-order valence-corrected chi connectivity index (χ2v) is 6.21. The second-order valence-electron chi connectivity index (χ2n) is 6.21. The van der Waals surface area contributed by atoms with E-state index in [1.54, 1.807) is 48.5 Å². The summed E-state index contributed by atoms with van der Waals surface area (Å²) in [4.78, 5) is 36.4. The first-order valence-corrected chi connectivity index (χ1v) is 8.91. The predicted molar refractivity (Wildman–Crippen MR) is 107 cm³/mol. The molecule has 0 fully saturated rings. The Bertz CT molecular complexity index is 985. The molecular weight excluding hydrogens is 370 g/mol. The zero-order valence-electron chi connectivity index (χ0n) is 15.5. The van der Waals surface area contributed by atoms with Crippen LogP contribution < -0.4 is 10.5 Å². The van der Waals surface area contributed by atoms with Crippen molar-refractivity contribution in [2.24, 2.45) is 5.73 Å². The molecule has 1 amide bonds. The van der Waals surface area contributed by atoms with E-state index < -0.39 is 18.0 Å². The van der Waals surface area contributed by atoms with E-state index in [0.29, 0.717) is 16.9 Å². The third kappa shape index (κ3) is 5.29. The molecule has 0 saturated carbocycles. The van der Waals surface area contributed by atoms with Crippen LogP contribution in [0.25, 0.3) is 0 Å². The SMILES string of the molecule is NC(=O)COc1ccc(C(=O)O[C@H](C(=O)c2ccccc2)c2ccccc2)cc1. The number of hydrogen-bond acceptors (Lipinski definition) is 5. The van der Waals surface area contributed by atoms with E-state index in [0.717, 1.165) is 0 Å². The van der Waals surface area contributed by atoms with Crippen LogP contribution >= 0.6 is 0 Å². The molecule has 3 rings (SSSR count). The smallest absolute Gasteiger partial charge is 0.339 e. The van der Waals surface area contributed by atoms with Crippen molar-refractivity contribution in [3.05, 3.63) is 102 Å². The molecule has 0 aliphatic heterocycles. The third-order valence-corrected chi connectivity index (χ3v) is 4.09. The van der Waals surface area contributed by atoms with Crippen LogP contribution in [0.3, 0.4) is 0 Å². The zero-order chi connectivity index (χ0) is 20.6. The lowest BCUT2D eigenvalue weighted by Crippen LogP contribution is -2.21. The molecule has 0 heterocycles. The largest absolute Gasteiger partial charge is 0.484 e. The molecule has 0 spiro atoms. The van der Waals surface area contributed by atoms with E-state index in [4.69, 9.17) is 15.2 Å². The van der Waals surface area contributed by atoms with Crippen LogP contribution in [0.1, 0.15) is 32.4 Å². The van der Waals surface area contributed by atoms with Crippen LogP contribution in [0.2, 0.25) is 0 Å². The number of hydrogen-bond donors (Lipinski definition) is 1. The molecule has 0 bridgehead atoms. The van der Waals surface area contributed by atoms with Gasteiger partial charge < -0.3 is 15.2 Å². The van der Waals surface area contributed by atoms with E-state index in [1.165, 1.54) is 24.3 Å². The number of nitrogens with two attached hydrogens (primary N) is 1. The molecule has 29 heavy (non-hydrogen) atoms. The molecule has 2 N–H and O–H groups in total. The molecular formula is C23H19NO5. The Morgan fingerprint density at radius 2 is 1.34 bits per heavy atom.